The van der Waals surface area contributed by atoms with E-state index in [1.54, 1.807) is 7.11 Å². The molecule has 0 spiro atoms. The van der Waals surface area contributed by atoms with Gasteiger partial charge in [0.25, 0.3) is 0 Å². The van der Waals surface area contributed by atoms with Crippen LogP contribution in [0, 0.1) is 0 Å². The van der Waals surface area contributed by atoms with Crippen molar-refractivity contribution in [2.45, 2.75) is 32.5 Å². The van der Waals surface area contributed by atoms with Crippen LogP contribution in [0.25, 0.3) is 0 Å². The lowest BCUT2D eigenvalue weighted by atomic mass is 9.99. The molecular formula is C22H28N2O3. The minimum Gasteiger partial charge on any atom is -0.497 e. The number of carbonyl (C=O) groups is 1. The maximum atomic E-state index is 12.1. The molecule has 0 aromatic heterocycles. The van der Waals surface area contributed by atoms with E-state index in [4.69, 9.17) is 9.47 Å². The molecule has 1 unspecified atom stereocenters. The number of rotatable bonds is 8. The SMILES string of the molecule is COc1cccc(COCC(=O)NCC(C)N2CCc3ccccc3C2)c1. The van der Waals surface area contributed by atoms with Gasteiger partial charge in [0.1, 0.15) is 12.4 Å². The van der Waals surface area contributed by atoms with E-state index in [9.17, 15) is 4.79 Å². The van der Waals surface area contributed by atoms with Gasteiger partial charge in [-0.25, -0.2) is 0 Å². The van der Waals surface area contributed by atoms with E-state index >= 15 is 0 Å². The quantitative estimate of drug-likeness (QED) is 0.778. The smallest absolute Gasteiger partial charge is 0.246 e. The van der Waals surface area contributed by atoms with Crippen LogP contribution in [0.1, 0.15) is 23.6 Å². The molecule has 2 aromatic rings. The van der Waals surface area contributed by atoms with Gasteiger partial charge in [0.15, 0.2) is 0 Å². The summed E-state index contributed by atoms with van der Waals surface area (Å²) in [6.07, 6.45) is 1.07. The minimum atomic E-state index is -0.0813. The normalized spacial score (nSPS) is 15.0. The van der Waals surface area contributed by atoms with Crippen LogP contribution >= 0.6 is 0 Å². The van der Waals surface area contributed by atoms with Gasteiger partial charge in [-0.15, -0.1) is 0 Å². The van der Waals surface area contributed by atoms with Gasteiger partial charge >= 0.3 is 0 Å². The number of hydrogen-bond donors (Lipinski definition) is 1. The molecule has 5 nitrogen and oxygen atoms in total. The highest BCUT2D eigenvalue weighted by atomic mass is 16.5. The van der Waals surface area contributed by atoms with E-state index in [-0.39, 0.29) is 12.5 Å². The Labute approximate surface area is 161 Å². The van der Waals surface area contributed by atoms with Crippen LogP contribution in [0.3, 0.4) is 0 Å². The average Bonchev–Trinajstić information content (AvgIpc) is 2.71. The van der Waals surface area contributed by atoms with E-state index in [1.165, 1.54) is 11.1 Å². The number of ether oxygens (including phenoxy) is 2. The molecule has 144 valence electrons. The van der Waals surface area contributed by atoms with E-state index < -0.39 is 0 Å². The number of benzene rings is 2. The van der Waals surface area contributed by atoms with Crippen LogP contribution in [0.15, 0.2) is 48.5 Å². The molecule has 1 aliphatic rings. The number of fused-ring (bicyclic) bond motifs is 1. The summed E-state index contributed by atoms with van der Waals surface area (Å²) in [5.74, 6) is 0.708. The predicted octanol–water partition coefficient (Wildman–Crippen LogP) is 2.77. The molecule has 1 aliphatic heterocycles. The van der Waals surface area contributed by atoms with Crippen molar-refractivity contribution in [1.29, 1.82) is 0 Å². The molecule has 3 rings (SSSR count). The van der Waals surface area contributed by atoms with Crippen molar-refractivity contribution in [3.63, 3.8) is 0 Å². The molecule has 0 saturated heterocycles. The number of nitrogens with one attached hydrogen (secondary N) is 1. The lowest BCUT2D eigenvalue weighted by Crippen LogP contribution is -2.45. The van der Waals surface area contributed by atoms with Gasteiger partial charge in [-0.05, 0) is 42.2 Å². The van der Waals surface area contributed by atoms with E-state index in [2.05, 4.69) is 41.4 Å². The fourth-order valence-corrected chi connectivity index (χ4v) is 3.36. The Morgan fingerprint density at radius 2 is 2.00 bits per heavy atom. The van der Waals surface area contributed by atoms with Gasteiger partial charge in [-0.3, -0.25) is 9.69 Å². The van der Waals surface area contributed by atoms with Crippen molar-refractivity contribution in [1.82, 2.24) is 10.2 Å². The molecule has 1 amide bonds. The Kier molecular flexibility index (Phi) is 6.85. The summed E-state index contributed by atoms with van der Waals surface area (Å²) >= 11 is 0. The second-order valence-electron chi connectivity index (χ2n) is 6.99. The third-order valence-corrected chi connectivity index (χ3v) is 5.01. The van der Waals surface area contributed by atoms with E-state index in [0.717, 1.165) is 30.8 Å². The molecule has 1 atom stereocenters. The molecular weight excluding hydrogens is 340 g/mol. The zero-order valence-corrected chi connectivity index (χ0v) is 16.1. The van der Waals surface area contributed by atoms with Crippen molar-refractivity contribution < 1.29 is 14.3 Å². The first-order valence-corrected chi connectivity index (χ1v) is 9.44. The second-order valence-corrected chi connectivity index (χ2v) is 6.99. The van der Waals surface area contributed by atoms with Crippen molar-refractivity contribution in [2.75, 3.05) is 26.8 Å². The van der Waals surface area contributed by atoms with E-state index in [0.29, 0.717) is 19.2 Å². The first-order valence-electron chi connectivity index (χ1n) is 9.44. The van der Waals surface area contributed by atoms with Crippen LogP contribution in [0.5, 0.6) is 5.75 Å². The largest absolute Gasteiger partial charge is 0.497 e. The van der Waals surface area contributed by atoms with Crippen molar-refractivity contribution >= 4 is 5.91 Å². The first-order chi connectivity index (χ1) is 13.2. The lowest BCUT2D eigenvalue weighted by Gasteiger charge is -2.33. The minimum absolute atomic E-state index is 0.0623. The van der Waals surface area contributed by atoms with Crippen LogP contribution in [0.2, 0.25) is 0 Å². The van der Waals surface area contributed by atoms with Crippen LogP contribution in [-0.2, 0) is 29.1 Å². The maximum absolute atomic E-state index is 12.1. The summed E-state index contributed by atoms with van der Waals surface area (Å²) in [5, 5.41) is 2.98. The van der Waals surface area contributed by atoms with Gasteiger partial charge in [0.2, 0.25) is 5.91 Å². The number of carbonyl (C=O) groups excluding carboxylic acids is 1. The predicted molar refractivity (Wildman–Crippen MR) is 106 cm³/mol. The summed E-state index contributed by atoms with van der Waals surface area (Å²) in [6, 6.07) is 16.5. The van der Waals surface area contributed by atoms with Gasteiger partial charge in [-0.1, -0.05) is 36.4 Å². The highest BCUT2D eigenvalue weighted by molar-refractivity contribution is 5.77. The van der Waals surface area contributed by atoms with Gasteiger partial charge < -0.3 is 14.8 Å². The molecule has 1 N–H and O–H groups in total. The van der Waals surface area contributed by atoms with Crippen molar-refractivity contribution in [2.24, 2.45) is 0 Å². The summed E-state index contributed by atoms with van der Waals surface area (Å²) in [5.41, 5.74) is 3.82. The molecule has 0 aliphatic carbocycles. The molecule has 0 fully saturated rings. The topological polar surface area (TPSA) is 50.8 Å². The summed E-state index contributed by atoms with van der Waals surface area (Å²) < 4.78 is 10.7. The van der Waals surface area contributed by atoms with Gasteiger partial charge in [-0.2, -0.15) is 0 Å². The van der Waals surface area contributed by atoms with Crippen molar-refractivity contribution in [3.05, 3.63) is 65.2 Å². The molecule has 5 heteroatoms. The Balaban J connectivity index is 1.37. The fraction of sp³-hybridized carbons (Fsp3) is 0.409. The molecule has 1 heterocycles. The Bertz CT molecular complexity index is 763. The van der Waals surface area contributed by atoms with Gasteiger partial charge in [0, 0.05) is 25.7 Å². The zero-order valence-electron chi connectivity index (χ0n) is 16.1. The molecule has 2 aromatic carbocycles. The zero-order chi connectivity index (χ0) is 19.1. The molecule has 0 saturated carbocycles. The lowest BCUT2D eigenvalue weighted by molar-refractivity contribution is -0.126. The van der Waals surface area contributed by atoms with Gasteiger partial charge in [0.05, 0.1) is 13.7 Å². The average molecular weight is 368 g/mol. The highest BCUT2D eigenvalue weighted by Gasteiger charge is 2.20. The van der Waals surface area contributed by atoms with E-state index in [1.807, 2.05) is 24.3 Å². The number of methoxy groups -OCH3 is 1. The standard InChI is InChI=1S/C22H28N2O3/c1-17(24-11-10-19-7-3-4-8-20(19)14-24)13-23-22(25)16-27-15-18-6-5-9-21(12-18)26-2/h3-9,12,17H,10-11,13-16H2,1-2H3,(H,23,25). The number of hydrogen-bond acceptors (Lipinski definition) is 4. The summed E-state index contributed by atoms with van der Waals surface area (Å²) in [7, 11) is 1.63. The third kappa shape index (κ3) is 5.55. The number of amides is 1. The fourth-order valence-electron chi connectivity index (χ4n) is 3.36. The summed E-state index contributed by atoms with van der Waals surface area (Å²) in [6.45, 7) is 5.21. The number of nitrogens with zero attached hydrogens (tertiary/aromatic N) is 1. The van der Waals surface area contributed by atoms with Crippen LogP contribution < -0.4 is 10.1 Å². The monoisotopic (exact) mass is 368 g/mol. The molecule has 27 heavy (non-hydrogen) atoms. The van der Waals surface area contributed by atoms with Crippen molar-refractivity contribution in [3.8, 4) is 5.75 Å². The third-order valence-electron chi connectivity index (χ3n) is 5.01. The Hall–Kier alpha value is -2.37. The second kappa shape index (κ2) is 9.53. The Morgan fingerprint density at radius 1 is 1.19 bits per heavy atom. The molecule has 0 radical (unpaired) electrons. The van der Waals surface area contributed by atoms with Crippen LogP contribution in [-0.4, -0.2) is 43.7 Å². The maximum Gasteiger partial charge on any atom is 0.246 e. The summed E-state index contributed by atoms with van der Waals surface area (Å²) in [4.78, 5) is 14.5. The van der Waals surface area contributed by atoms with Crippen LogP contribution in [0.4, 0.5) is 0 Å². The highest BCUT2D eigenvalue weighted by Crippen LogP contribution is 2.20. The first kappa shape index (κ1) is 19.4. The Morgan fingerprint density at radius 3 is 2.81 bits per heavy atom. The molecule has 0 bridgehead atoms.